The van der Waals surface area contributed by atoms with Crippen molar-refractivity contribution in [1.29, 1.82) is 0 Å². The number of pyridine rings is 1. The highest BCUT2D eigenvalue weighted by Crippen LogP contribution is 2.20. The number of nitrogens with one attached hydrogen (secondary N) is 1. The third-order valence-electron chi connectivity index (χ3n) is 4.24. The summed E-state index contributed by atoms with van der Waals surface area (Å²) < 4.78 is 1.70. The number of para-hydroxylation sites is 1. The lowest BCUT2D eigenvalue weighted by Crippen LogP contribution is -2.23. The standard InChI is InChI=1S/C19H22N4O/c1-4-14(5-2)19(24)21-18-12-13(3)22-23(18)17-11-10-15-8-6-7-9-16(15)20-17/h6-12,14H,4-5H2,1-3H3,(H,21,24). The zero-order valence-corrected chi connectivity index (χ0v) is 14.3. The van der Waals surface area contributed by atoms with E-state index >= 15 is 0 Å². The first kappa shape index (κ1) is 16.2. The Hall–Kier alpha value is -2.69. The smallest absolute Gasteiger partial charge is 0.228 e. The Kier molecular flexibility index (Phi) is 4.60. The molecule has 0 saturated heterocycles. The van der Waals surface area contributed by atoms with Crippen LogP contribution in [0.1, 0.15) is 32.4 Å². The van der Waals surface area contributed by atoms with Gasteiger partial charge in [-0.25, -0.2) is 4.98 Å². The van der Waals surface area contributed by atoms with Gasteiger partial charge in [0.15, 0.2) is 5.82 Å². The number of fused-ring (bicyclic) bond motifs is 1. The van der Waals surface area contributed by atoms with Crippen LogP contribution in [-0.4, -0.2) is 20.7 Å². The van der Waals surface area contributed by atoms with E-state index in [1.807, 2.05) is 63.2 Å². The summed E-state index contributed by atoms with van der Waals surface area (Å²) >= 11 is 0. The van der Waals surface area contributed by atoms with Crippen molar-refractivity contribution in [3.05, 3.63) is 48.2 Å². The molecule has 3 rings (SSSR count). The molecule has 2 heterocycles. The van der Waals surface area contributed by atoms with E-state index in [1.165, 1.54) is 0 Å². The molecule has 0 unspecified atom stereocenters. The van der Waals surface area contributed by atoms with Crippen LogP contribution in [0.2, 0.25) is 0 Å². The van der Waals surface area contributed by atoms with Crippen LogP contribution in [0.25, 0.3) is 16.7 Å². The second kappa shape index (κ2) is 6.83. The quantitative estimate of drug-likeness (QED) is 0.769. The second-order valence-corrected chi connectivity index (χ2v) is 5.95. The molecule has 5 heteroatoms. The van der Waals surface area contributed by atoms with Crippen LogP contribution in [0.15, 0.2) is 42.5 Å². The van der Waals surface area contributed by atoms with Crippen molar-refractivity contribution >= 4 is 22.6 Å². The van der Waals surface area contributed by atoms with Crippen molar-refractivity contribution in [1.82, 2.24) is 14.8 Å². The maximum absolute atomic E-state index is 12.4. The van der Waals surface area contributed by atoms with Gasteiger partial charge in [-0.05, 0) is 38.0 Å². The molecule has 0 spiro atoms. The minimum atomic E-state index is 0.0122. The molecule has 1 amide bonds. The largest absolute Gasteiger partial charge is 0.310 e. The van der Waals surface area contributed by atoms with E-state index in [0.717, 1.165) is 29.4 Å². The fourth-order valence-electron chi connectivity index (χ4n) is 2.82. The zero-order chi connectivity index (χ0) is 17.1. The molecule has 0 aliphatic rings. The van der Waals surface area contributed by atoms with Crippen molar-refractivity contribution < 1.29 is 4.79 Å². The summed E-state index contributed by atoms with van der Waals surface area (Å²) in [5, 5.41) is 8.57. The lowest BCUT2D eigenvalue weighted by molar-refractivity contribution is -0.120. The topological polar surface area (TPSA) is 59.8 Å². The Labute approximate surface area is 141 Å². The highest BCUT2D eigenvalue weighted by Gasteiger charge is 2.17. The summed E-state index contributed by atoms with van der Waals surface area (Å²) in [5.41, 5.74) is 1.74. The molecule has 2 aromatic heterocycles. The SMILES string of the molecule is CCC(CC)C(=O)Nc1cc(C)nn1-c1ccc2ccccc2n1. The van der Waals surface area contributed by atoms with E-state index in [0.29, 0.717) is 11.6 Å². The molecule has 5 nitrogen and oxygen atoms in total. The van der Waals surface area contributed by atoms with Gasteiger partial charge in [0.05, 0.1) is 11.2 Å². The van der Waals surface area contributed by atoms with Crippen molar-refractivity contribution in [2.75, 3.05) is 5.32 Å². The molecule has 0 atom stereocenters. The molecule has 0 radical (unpaired) electrons. The van der Waals surface area contributed by atoms with Crippen molar-refractivity contribution in [2.45, 2.75) is 33.6 Å². The van der Waals surface area contributed by atoms with Gasteiger partial charge in [0, 0.05) is 17.4 Å². The summed E-state index contributed by atoms with van der Waals surface area (Å²) in [7, 11) is 0. The molecule has 0 aliphatic heterocycles. The van der Waals surface area contributed by atoms with Crippen LogP contribution < -0.4 is 5.32 Å². The Bertz CT molecular complexity index is 865. The number of hydrogen-bond acceptors (Lipinski definition) is 3. The fourth-order valence-corrected chi connectivity index (χ4v) is 2.82. The summed E-state index contributed by atoms with van der Waals surface area (Å²) in [4.78, 5) is 17.1. The minimum Gasteiger partial charge on any atom is -0.310 e. The van der Waals surface area contributed by atoms with E-state index in [-0.39, 0.29) is 11.8 Å². The molecule has 124 valence electrons. The van der Waals surface area contributed by atoms with Crippen LogP contribution in [0.5, 0.6) is 0 Å². The highest BCUT2D eigenvalue weighted by atomic mass is 16.2. The van der Waals surface area contributed by atoms with Gasteiger partial charge in [0.25, 0.3) is 0 Å². The van der Waals surface area contributed by atoms with E-state index in [2.05, 4.69) is 15.4 Å². The molecule has 3 aromatic rings. The van der Waals surface area contributed by atoms with Gasteiger partial charge >= 0.3 is 0 Å². The van der Waals surface area contributed by atoms with Gasteiger partial charge in [0.2, 0.25) is 5.91 Å². The molecular formula is C19H22N4O. The van der Waals surface area contributed by atoms with Gasteiger partial charge in [-0.1, -0.05) is 32.0 Å². The number of amides is 1. The maximum atomic E-state index is 12.4. The number of carbonyl (C=O) groups excluding carboxylic acids is 1. The molecule has 0 fully saturated rings. The number of anilines is 1. The lowest BCUT2D eigenvalue weighted by atomic mass is 10.0. The van der Waals surface area contributed by atoms with Gasteiger partial charge < -0.3 is 5.32 Å². The molecule has 24 heavy (non-hydrogen) atoms. The molecule has 1 aromatic carbocycles. The van der Waals surface area contributed by atoms with Crippen LogP contribution in [0, 0.1) is 12.8 Å². The Morgan fingerprint density at radius 2 is 1.92 bits per heavy atom. The second-order valence-electron chi connectivity index (χ2n) is 5.95. The summed E-state index contributed by atoms with van der Waals surface area (Å²) in [5.74, 6) is 1.40. The fraction of sp³-hybridized carbons (Fsp3) is 0.316. The number of nitrogens with zero attached hydrogens (tertiary/aromatic N) is 3. The number of benzene rings is 1. The zero-order valence-electron chi connectivity index (χ0n) is 14.3. The van der Waals surface area contributed by atoms with Crippen LogP contribution in [-0.2, 0) is 4.79 Å². The van der Waals surface area contributed by atoms with Crippen LogP contribution >= 0.6 is 0 Å². The Morgan fingerprint density at radius 3 is 2.67 bits per heavy atom. The average molecular weight is 322 g/mol. The lowest BCUT2D eigenvalue weighted by Gasteiger charge is -2.13. The van der Waals surface area contributed by atoms with E-state index in [1.54, 1.807) is 4.68 Å². The highest BCUT2D eigenvalue weighted by molar-refractivity contribution is 5.92. The summed E-state index contributed by atoms with van der Waals surface area (Å²) in [6.07, 6.45) is 1.65. The number of carbonyl (C=O) groups is 1. The predicted octanol–water partition coefficient (Wildman–Crippen LogP) is 4.10. The number of hydrogen-bond donors (Lipinski definition) is 1. The third-order valence-corrected chi connectivity index (χ3v) is 4.24. The Morgan fingerprint density at radius 1 is 1.17 bits per heavy atom. The van der Waals surface area contributed by atoms with Crippen LogP contribution in [0.4, 0.5) is 5.82 Å². The van der Waals surface area contributed by atoms with E-state index in [4.69, 9.17) is 0 Å². The van der Waals surface area contributed by atoms with Crippen molar-refractivity contribution in [3.8, 4) is 5.82 Å². The van der Waals surface area contributed by atoms with Crippen molar-refractivity contribution in [2.24, 2.45) is 5.92 Å². The number of aromatic nitrogens is 3. The minimum absolute atomic E-state index is 0.0122. The average Bonchev–Trinajstić information content (AvgIpc) is 2.96. The maximum Gasteiger partial charge on any atom is 0.228 e. The van der Waals surface area contributed by atoms with Crippen LogP contribution in [0.3, 0.4) is 0 Å². The molecule has 0 aliphatic carbocycles. The van der Waals surface area contributed by atoms with E-state index < -0.39 is 0 Å². The molecular weight excluding hydrogens is 300 g/mol. The number of aryl methyl sites for hydroxylation is 1. The predicted molar refractivity (Wildman–Crippen MR) is 96.3 cm³/mol. The van der Waals surface area contributed by atoms with Crippen molar-refractivity contribution in [3.63, 3.8) is 0 Å². The van der Waals surface area contributed by atoms with Gasteiger partial charge in [-0.2, -0.15) is 9.78 Å². The summed E-state index contributed by atoms with van der Waals surface area (Å²) in [6.45, 7) is 5.96. The van der Waals surface area contributed by atoms with E-state index in [9.17, 15) is 4.79 Å². The first-order chi connectivity index (χ1) is 11.6. The van der Waals surface area contributed by atoms with Gasteiger partial charge in [-0.15, -0.1) is 0 Å². The molecule has 0 bridgehead atoms. The third kappa shape index (κ3) is 3.15. The van der Waals surface area contributed by atoms with Gasteiger partial charge in [0.1, 0.15) is 5.82 Å². The number of rotatable bonds is 5. The monoisotopic (exact) mass is 322 g/mol. The first-order valence-corrected chi connectivity index (χ1v) is 8.36. The normalized spacial score (nSPS) is 11.2. The summed E-state index contributed by atoms with van der Waals surface area (Å²) in [6, 6.07) is 13.8. The Balaban J connectivity index is 1.97. The first-order valence-electron chi connectivity index (χ1n) is 8.36. The molecule has 1 N–H and O–H groups in total. The van der Waals surface area contributed by atoms with Gasteiger partial charge in [-0.3, -0.25) is 4.79 Å². The molecule has 0 saturated carbocycles.